The summed E-state index contributed by atoms with van der Waals surface area (Å²) in [6.07, 6.45) is 6.48. The van der Waals surface area contributed by atoms with E-state index in [1.807, 2.05) is 0 Å². The molecule has 0 bridgehead atoms. The summed E-state index contributed by atoms with van der Waals surface area (Å²) < 4.78 is 5.37. The van der Waals surface area contributed by atoms with Crippen molar-refractivity contribution in [3.63, 3.8) is 0 Å². The van der Waals surface area contributed by atoms with Crippen LogP contribution in [0.3, 0.4) is 0 Å². The van der Waals surface area contributed by atoms with Gasteiger partial charge in [0.15, 0.2) is 0 Å². The Morgan fingerprint density at radius 3 is 2.71 bits per heavy atom. The number of hydrogen-bond acceptors (Lipinski definition) is 3. The first-order valence-electron chi connectivity index (χ1n) is 5.73. The van der Waals surface area contributed by atoms with Gasteiger partial charge in [0.05, 0.1) is 6.61 Å². The van der Waals surface area contributed by atoms with Gasteiger partial charge in [0.2, 0.25) is 0 Å². The standard InChI is InChI=1S/C11H23NOS/c1-12(11-6-8-13-10-11)7-4-2-3-5-9-14/h11,14H,2-10H2,1H3. The van der Waals surface area contributed by atoms with Crippen LogP contribution < -0.4 is 0 Å². The molecule has 14 heavy (non-hydrogen) atoms. The first-order valence-corrected chi connectivity index (χ1v) is 6.36. The van der Waals surface area contributed by atoms with Crippen LogP contribution in [0.5, 0.6) is 0 Å². The molecule has 1 saturated heterocycles. The second kappa shape index (κ2) is 7.55. The molecule has 1 atom stereocenters. The molecule has 3 heteroatoms. The van der Waals surface area contributed by atoms with Crippen LogP contribution in [0.15, 0.2) is 0 Å². The second-order valence-corrected chi connectivity index (χ2v) is 4.58. The summed E-state index contributed by atoms with van der Waals surface area (Å²) in [6, 6.07) is 0.680. The van der Waals surface area contributed by atoms with E-state index in [-0.39, 0.29) is 0 Å². The molecule has 1 aliphatic heterocycles. The predicted molar refractivity (Wildman–Crippen MR) is 64.2 cm³/mol. The van der Waals surface area contributed by atoms with E-state index in [1.54, 1.807) is 0 Å². The van der Waals surface area contributed by atoms with E-state index >= 15 is 0 Å². The molecule has 0 aromatic heterocycles. The zero-order chi connectivity index (χ0) is 10.2. The highest BCUT2D eigenvalue weighted by atomic mass is 32.1. The van der Waals surface area contributed by atoms with Gasteiger partial charge in [-0.2, -0.15) is 12.6 Å². The molecular formula is C11H23NOS. The first kappa shape index (κ1) is 12.3. The van der Waals surface area contributed by atoms with Crippen LogP contribution in [0.2, 0.25) is 0 Å². The van der Waals surface area contributed by atoms with Crippen molar-refractivity contribution in [3.05, 3.63) is 0 Å². The largest absolute Gasteiger partial charge is 0.380 e. The van der Waals surface area contributed by atoms with Crippen LogP contribution in [0.25, 0.3) is 0 Å². The zero-order valence-electron chi connectivity index (χ0n) is 9.24. The number of rotatable bonds is 7. The van der Waals surface area contributed by atoms with Gasteiger partial charge in [-0.15, -0.1) is 0 Å². The summed E-state index contributed by atoms with van der Waals surface area (Å²) in [5.41, 5.74) is 0. The van der Waals surface area contributed by atoms with E-state index in [0.29, 0.717) is 6.04 Å². The molecule has 0 N–H and O–H groups in total. The Labute approximate surface area is 93.4 Å². The average Bonchev–Trinajstić information content (AvgIpc) is 2.70. The highest BCUT2D eigenvalue weighted by Crippen LogP contribution is 2.11. The van der Waals surface area contributed by atoms with Gasteiger partial charge in [-0.3, -0.25) is 0 Å². The zero-order valence-corrected chi connectivity index (χ0v) is 10.1. The number of ether oxygens (including phenoxy) is 1. The van der Waals surface area contributed by atoms with Gasteiger partial charge in [-0.05, 0) is 38.6 Å². The monoisotopic (exact) mass is 217 g/mol. The Morgan fingerprint density at radius 1 is 1.29 bits per heavy atom. The van der Waals surface area contributed by atoms with Crippen LogP contribution in [0.4, 0.5) is 0 Å². The molecule has 0 aromatic rings. The molecule has 1 rings (SSSR count). The Hall–Kier alpha value is 0.270. The van der Waals surface area contributed by atoms with Gasteiger partial charge in [0, 0.05) is 12.6 Å². The minimum absolute atomic E-state index is 0.680. The summed E-state index contributed by atoms with van der Waals surface area (Å²) >= 11 is 4.21. The Kier molecular flexibility index (Phi) is 6.65. The lowest BCUT2D eigenvalue weighted by Gasteiger charge is -2.22. The molecule has 1 fully saturated rings. The van der Waals surface area contributed by atoms with Crippen molar-refractivity contribution in [2.75, 3.05) is 32.6 Å². The topological polar surface area (TPSA) is 12.5 Å². The number of unbranched alkanes of at least 4 members (excludes halogenated alkanes) is 3. The number of thiol groups is 1. The van der Waals surface area contributed by atoms with Gasteiger partial charge in [-0.25, -0.2) is 0 Å². The van der Waals surface area contributed by atoms with E-state index < -0.39 is 0 Å². The van der Waals surface area contributed by atoms with Gasteiger partial charge in [0.1, 0.15) is 0 Å². The van der Waals surface area contributed by atoms with Gasteiger partial charge in [0.25, 0.3) is 0 Å². The molecule has 1 heterocycles. The van der Waals surface area contributed by atoms with Crippen LogP contribution in [0, 0.1) is 0 Å². The molecular weight excluding hydrogens is 194 g/mol. The fourth-order valence-corrected chi connectivity index (χ4v) is 2.10. The number of hydrogen-bond donors (Lipinski definition) is 1. The molecule has 84 valence electrons. The minimum atomic E-state index is 0.680. The molecule has 2 nitrogen and oxygen atoms in total. The Morgan fingerprint density at radius 2 is 2.07 bits per heavy atom. The molecule has 0 radical (unpaired) electrons. The lowest BCUT2D eigenvalue weighted by atomic mass is 10.1. The van der Waals surface area contributed by atoms with Gasteiger partial charge >= 0.3 is 0 Å². The summed E-state index contributed by atoms with van der Waals surface area (Å²) in [5, 5.41) is 0. The fourth-order valence-electron chi connectivity index (χ4n) is 1.88. The summed E-state index contributed by atoms with van der Waals surface area (Å²) in [5.74, 6) is 1.03. The lowest BCUT2D eigenvalue weighted by Crippen LogP contribution is -2.32. The molecule has 0 saturated carbocycles. The summed E-state index contributed by atoms with van der Waals surface area (Å²) in [6.45, 7) is 3.11. The quantitative estimate of drug-likeness (QED) is 0.518. The third kappa shape index (κ3) is 4.67. The smallest absolute Gasteiger partial charge is 0.0622 e. The van der Waals surface area contributed by atoms with Crippen molar-refractivity contribution >= 4 is 12.6 Å². The normalized spacial score (nSPS) is 22.1. The summed E-state index contributed by atoms with van der Waals surface area (Å²) in [7, 11) is 2.22. The second-order valence-electron chi connectivity index (χ2n) is 4.14. The Bertz CT molecular complexity index is 137. The maximum absolute atomic E-state index is 5.37. The maximum atomic E-state index is 5.37. The maximum Gasteiger partial charge on any atom is 0.0622 e. The van der Waals surface area contributed by atoms with E-state index in [9.17, 15) is 0 Å². The third-order valence-corrected chi connectivity index (χ3v) is 3.26. The van der Waals surface area contributed by atoms with E-state index in [1.165, 1.54) is 38.6 Å². The van der Waals surface area contributed by atoms with Crippen LogP contribution in [-0.4, -0.2) is 43.5 Å². The van der Waals surface area contributed by atoms with Crippen LogP contribution in [-0.2, 0) is 4.74 Å². The predicted octanol–water partition coefficient (Wildman–Crippen LogP) is 2.20. The van der Waals surface area contributed by atoms with Crippen molar-refractivity contribution in [2.45, 2.75) is 38.1 Å². The first-order chi connectivity index (χ1) is 6.84. The number of nitrogens with zero attached hydrogens (tertiary/aromatic N) is 1. The van der Waals surface area contributed by atoms with Crippen molar-refractivity contribution in [3.8, 4) is 0 Å². The minimum Gasteiger partial charge on any atom is -0.380 e. The fraction of sp³-hybridized carbons (Fsp3) is 1.00. The molecule has 1 aliphatic rings. The number of likely N-dealkylation sites (N-methyl/N-ethyl adjacent to an activating group) is 1. The average molecular weight is 217 g/mol. The van der Waals surface area contributed by atoms with Gasteiger partial charge < -0.3 is 9.64 Å². The van der Waals surface area contributed by atoms with Crippen molar-refractivity contribution in [2.24, 2.45) is 0 Å². The molecule has 0 aliphatic carbocycles. The van der Waals surface area contributed by atoms with E-state index in [0.717, 1.165) is 19.0 Å². The van der Waals surface area contributed by atoms with E-state index in [4.69, 9.17) is 4.74 Å². The van der Waals surface area contributed by atoms with Gasteiger partial charge in [-0.1, -0.05) is 12.8 Å². The van der Waals surface area contributed by atoms with Crippen molar-refractivity contribution < 1.29 is 4.74 Å². The summed E-state index contributed by atoms with van der Waals surface area (Å²) in [4.78, 5) is 2.45. The molecule has 1 unspecified atom stereocenters. The van der Waals surface area contributed by atoms with Crippen molar-refractivity contribution in [1.29, 1.82) is 0 Å². The Balaban J connectivity index is 1.94. The van der Waals surface area contributed by atoms with Crippen LogP contribution in [0.1, 0.15) is 32.1 Å². The third-order valence-electron chi connectivity index (χ3n) is 2.95. The highest BCUT2D eigenvalue weighted by Gasteiger charge is 2.19. The highest BCUT2D eigenvalue weighted by molar-refractivity contribution is 7.80. The molecule has 0 aromatic carbocycles. The van der Waals surface area contributed by atoms with Crippen molar-refractivity contribution in [1.82, 2.24) is 4.90 Å². The van der Waals surface area contributed by atoms with E-state index in [2.05, 4.69) is 24.6 Å². The lowest BCUT2D eigenvalue weighted by molar-refractivity contribution is 0.158. The van der Waals surface area contributed by atoms with Crippen LogP contribution >= 0.6 is 12.6 Å². The molecule has 0 amide bonds. The SMILES string of the molecule is CN(CCCCCCS)C1CCOC1. The molecule has 0 spiro atoms.